The van der Waals surface area contributed by atoms with Crippen molar-refractivity contribution in [3.63, 3.8) is 0 Å². The van der Waals surface area contributed by atoms with E-state index in [0.29, 0.717) is 29.8 Å². The van der Waals surface area contributed by atoms with Crippen molar-refractivity contribution in [3.05, 3.63) is 29.5 Å². The summed E-state index contributed by atoms with van der Waals surface area (Å²) in [5.74, 6) is 0. The Morgan fingerprint density at radius 2 is 1.54 bits per heavy atom. The van der Waals surface area contributed by atoms with Crippen molar-refractivity contribution < 1.29 is 18.2 Å². The van der Waals surface area contributed by atoms with E-state index in [0.717, 1.165) is 32.5 Å². The lowest BCUT2D eigenvalue weighted by Crippen LogP contribution is -2.41. The molecule has 28 heavy (non-hydrogen) atoms. The van der Waals surface area contributed by atoms with E-state index in [9.17, 15) is 9.13 Å². The Labute approximate surface area is 166 Å². The molecule has 2 aliphatic heterocycles. The van der Waals surface area contributed by atoms with Gasteiger partial charge in [-0.25, -0.2) is 0 Å². The van der Waals surface area contributed by atoms with Crippen molar-refractivity contribution in [3.8, 4) is 0 Å². The first-order valence-corrected chi connectivity index (χ1v) is 12.9. The minimum atomic E-state index is -3.05. The minimum absolute atomic E-state index is 0.370. The largest absolute Gasteiger partial charge is 0.399 e. The molecule has 2 N–H and O–H groups in total. The highest BCUT2D eigenvalue weighted by molar-refractivity contribution is 7.89. The van der Waals surface area contributed by atoms with Crippen LogP contribution in [0.25, 0.3) is 0 Å². The highest BCUT2D eigenvalue weighted by atomic mass is 31.2. The van der Waals surface area contributed by atoms with Crippen molar-refractivity contribution in [1.82, 2.24) is 4.48 Å². The second kappa shape index (κ2) is 5.93. The summed E-state index contributed by atoms with van der Waals surface area (Å²) in [4.78, 5) is 0. The molecule has 0 saturated carbocycles. The predicted molar refractivity (Wildman–Crippen MR) is 116 cm³/mol. The first-order valence-electron chi connectivity index (χ1n) is 9.68. The van der Waals surface area contributed by atoms with Crippen LogP contribution in [-0.2, 0) is 23.6 Å². The van der Waals surface area contributed by atoms with Gasteiger partial charge in [-0.3, -0.25) is 13.6 Å². The lowest BCUT2D eigenvalue weighted by Gasteiger charge is -2.28. The fraction of sp³-hybridized carbons (Fsp3) is 0.500. The van der Waals surface area contributed by atoms with E-state index < -0.39 is 20.2 Å². The molecule has 0 amide bonds. The third-order valence-corrected chi connectivity index (χ3v) is 10.6. The van der Waals surface area contributed by atoms with E-state index in [1.54, 1.807) is 0 Å². The van der Waals surface area contributed by atoms with Crippen LogP contribution in [-0.4, -0.2) is 34.4 Å². The van der Waals surface area contributed by atoms with E-state index >= 15 is 0 Å². The Hall–Kier alpha value is -1.16. The number of hydrogen-bond acceptors (Lipinski definition) is 5. The van der Waals surface area contributed by atoms with Gasteiger partial charge < -0.3 is 14.8 Å². The molecule has 0 saturated heterocycles. The quantitative estimate of drug-likeness (QED) is 0.560. The first kappa shape index (κ1) is 20.1. The fourth-order valence-electron chi connectivity index (χ4n) is 4.42. The second-order valence-corrected chi connectivity index (χ2v) is 13.2. The van der Waals surface area contributed by atoms with Gasteiger partial charge in [-0.2, -0.15) is 0 Å². The summed E-state index contributed by atoms with van der Waals surface area (Å²) in [5.41, 5.74) is 7.93. The summed E-state index contributed by atoms with van der Waals surface area (Å²) in [5, 5.41) is 3.03. The van der Waals surface area contributed by atoms with Gasteiger partial charge in [-0.15, -0.1) is 0 Å². The molecule has 3 unspecified atom stereocenters. The Bertz CT molecular complexity index is 998. The molecule has 4 rings (SSSR count). The minimum Gasteiger partial charge on any atom is -0.399 e. The Morgan fingerprint density at radius 1 is 1.04 bits per heavy atom. The van der Waals surface area contributed by atoms with Gasteiger partial charge in [0.2, 0.25) is 0 Å². The van der Waals surface area contributed by atoms with E-state index in [1.165, 1.54) is 0 Å². The highest BCUT2D eigenvalue weighted by Crippen LogP contribution is 2.69. The maximum atomic E-state index is 13.8. The van der Waals surface area contributed by atoms with Gasteiger partial charge in [0.1, 0.15) is 10.6 Å². The zero-order chi connectivity index (χ0) is 20.7. The Morgan fingerprint density at radius 3 is 1.89 bits per heavy atom. The standard InChI is InChI=1S/C20H29N2O4P2/c1-7-25-27(23)16-14(20(3)11-9-13(21)10-12-20)17-19(28(17,24)26-8-2)15(18(16)27)22(4,5)6/h9-11H,7-8,12,21H2,1-6H3/q+1. The van der Waals surface area contributed by atoms with Gasteiger partial charge in [-0.1, -0.05) is 19.1 Å². The number of allylic oxidation sites excluding steroid dienone is 3. The summed E-state index contributed by atoms with van der Waals surface area (Å²) < 4.78 is 39.6. The summed E-state index contributed by atoms with van der Waals surface area (Å²) in [6, 6.07) is 0. The summed E-state index contributed by atoms with van der Waals surface area (Å²) in [6.45, 7) is 6.53. The van der Waals surface area contributed by atoms with Gasteiger partial charge in [0, 0.05) is 11.1 Å². The predicted octanol–water partition coefficient (Wildman–Crippen LogP) is 2.10. The van der Waals surface area contributed by atoms with E-state index in [2.05, 4.69) is 6.92 Å². The van der Waals surface area contributed by atoms with Crippen LogP contribution in [0.5, 0.6) is 0 Å². The van der Waals surface area contributed by atoms with Crippen molar-refractivity contribution >= 4 is 41.6 Å². The number of fused-ring (bicyclic) bond motifs is 2. The molecule has 1 aromatic carbocycles. The number of benzene rings is 1. The maximum Gasteiger partial charge on any atom is 0.269 e. The molecule has 0 aromatic heterocycles. The van der Waals surface area contributed by atoms with Crippen LogP contribution in [0.2, 0.25) is 0 Å². The molecule has 152 valence electrons. The molecule has 0 bridgehead atoms. The van der Waals surface area contributed by atoms with E-state index in [1.807, 2.05) is 53.2 Å². The summed E-state index contributed by atoms with van der Waals surface area (Å²) in [6.07, 6.45) is 6.54. The van der Waals surface area contributed by atoms with Gasteiger partial charge in [0.25, 0.3) is 14.7 Å². The number of nitrogens with zero attached hydrogens (tertiary/aromatic N) is 1. The molecule has 3 atom stereocenters. The maximum absolute atomic E-state index is 13.8. The van der Waals surface area contributed by atoms with E-state index in [-0.39, 0.29) is 0 Å². The topological polar surface area (TPSA) is 78.6 Å². The molecule has 0 fully saturated rings. The number of nitrogens with two attached hydrogens (primary N) is 1. The number of rotatable bonds is 6. The SMILES string of the molecule is CCOP1(=O)c2c(C3(C)C=CC(N)=CC3)c3c(c([N+](C)(C)C)c21)P3(=O)OCC. The van der Waals surface area contributed by atoms with Crippen LogP contribution < -0.4 is 31.4 Å². The van der Waals surface area contributed by atoms with Crippen molar-refractivity contribution in [1.29, 1.82) is 0 Å². The third kappa shape index (κ3) is 2.52. The Balaban J connectivity index is 2.02. The molecule has 2 heterocycles. The normalized spacial score (nSPS) is 32.6. The molecule has 1 aliphatic carbocycles. The third-order valence-electron chi connectivity index (χ3n) is 5.72. The molecule has 1 aromatic rings. The molecular weight excluding hydrogens is 394 g/mol. The summed E-state index contributed by atoms with van der Waals surface area (Å²) in [7, 11) is -0.0857. The van der Waals surface area contributed by atoms with Crippen LogP contribution in [0.4, 0.5) is 5.69 Å². The Kier molecular flexibility index (Phi) is 4.26. The van der Waals surface area contributed by atoms with Gasteiger partial charge >= 0.3 is 0 Å². The zero-order valence-corrected chi connectivity index (χ0v) is 19.2. The molecule has 8 heteroatoms. The van der Waals surface area contributed by atoms with Gasteiger partial charge in [0.15, 0.2) is 5.69 Å². The number of hydrogen-bond donors (Lipinski definition) is 1. The van der Waals surface area contributed by atoms with Gasteiger partial charge in [0.05, 0.1) is 45.0 Å². The van der Waals surface area contributed by atoms with E-state index in [4.69, 9.17) is 14.8 Å². The van der Waals surface area contributed by atoms with Gasteiger partial charge in [-0.05, 0) is 31.9 Å². The molecule has 6 nitrogen and oxygen atoms in total. The van der Waals surface area contributed by atoms with Crippen LogP contribution in [0.15, 0.2) is 23.9 Å². The zero-order valence-electron chi connectivity index (χ0n) is 17.4. The van der Waals surface area contributed by atoms with Crippen molar-refractivity contribution in [2.45, 2.75) is 32.6 Å². The average Bonchev–Trinajstić information content (AvgIpc) is 3.40. The monoisotopic (exact) mass is 423 g/mol. The second-order valence-electron chi connectivity index (χ2n) is 8.73. The number of quaternary nitrogens is 1. The van der Waals surface area contributed by atoms with Crippen LogP contribution >= 0.6 is 14.7 Å². The molecular formula is C20H29N2O4P2+. The average molecular weight is 423 g/mol. The van der Waals surface area contributed by atoms with Crippen LogP contribution in [0.3, 0.4) is 0 Å². The van der Waals surface area contributed by atoms with Crippen molar-refractivity contribution in [2.24, 2.45) is 5.73 Å². The van der Waals surface area contributed by atoms with Crippen LogP contribution in [0.1, 0.15) is 32.8 Å². The lowest BCUT2D eigenvalue weighted by atomic mass is 9.77. The smallest absolute Gasteiger partial charge is 0.269 e. The fourth-order valence-corrected chi connectivity index (χ4v) is 10.3. The first-order chi connectivity index (χ1) is 13.0. The molecule has 0 spiro atoms. The van der Waals surface area contributed by atoms with Crippen LogP contribution in [0, 0.1) is 0 Å². The van der Waals surface area contributed by atoms with Crippen molar-refractivity contribution in [2.75, 3.05) is 34.4 Å². The highest BCUT2D eigenvalue weighted by Gasteiger charge is 2.68. The molecule has 0 radical (unpaired) electrons. The summed E-state index contributed by atoms with van der Waals surface area (Å²) >= 11 is 0. The lowest BCUT2D eigenvalue weighted by molar-refractivity contribution is 0.351. The molecule has 3 aliphatic rings.